The van der Waals surface area contributed by atoms with Crippen LogP contribution in [-0.2, 0) is 0 Å². The van der Waals surface area contributed by atoms with Crippen LogP contribution in [0.5, 0.6) is 0 Å². The van der Waals surface area contributed by atoms with Crippen molar-refractivity contribution in [3.05, 3.63) is 107 Å². The molecule has 170 valence electrons. The summed E-state index contributed by atoms with van der Waals surface area (Å²) in [6, 6.07) is 8.41. The van der Waals surface area contributed by atoms with Gasteiger partial charge in [-0.05, 0) is 53.4 Å². The molecule has 0 spiro atoms. The second-order valence-electron chi connectivity index (χ2n) is 7.57. The lowest BCUT2D eigenvalue weighted by Gasteiger charge is -2.19. The minimum absolute atomic E-state index is 0.136. The summed E-state index contributed by atoms with van der Waals surface area (Å²) in [5, 5.41) is -1.68. The summed E-state index contributed by atoms with van der Waals surface area (Å²) in [7, 11) is 0. The zero-order chi connectivity index (χ0) is 24.3. The lowest BCUT2D eigenvalue weighted by molar-refractivity contribution is 0.448. The minimum atomic E-state index is -1.80. The lowest BCUT2D eigenvalue weighted by atomic mass is 9.85. The Bertz CT molecular complexity index is 1620. The van der Waals surface area contributed by atoms with Gasteiger partial charge in [0.1, 0.15) is 29.1 Å². The van der Waals surface area contributed by atoms with Gasteiger partial charge in [0.15, 0.2) is 17.5 Å². The summed E-state index contributed by atoms with van der Waals surface area (Å²) in [5.41, 5.74) is -1.56. The normalized spacial score (nSPS) is 11.5. The zero-order valence-electron chi connectivity index (χ0n) is 16.8. The van der Waals surface area contributed by atoms with E-state index in [9.17, 15) is 22.0 Å². The predicted molar refractivity (Wildman–Crippen MR) is 112 cm³/mol. The third kappa shape index (κ3) is 3.21. The number of hydrogen-bond acceptors (Lipinski definition) is 0. The van der Waals surface area contributed by atoms with Crippen molar-refractivity contribution in [2.45, 2.75) is 0 Å². The Hall–Kier alpha value is -3.94. The van der Waals surface area contributed by atoms with Crippen LogP contribution in [0.25, 0.3) is 43.8 Å². The highest BCUT2D eigenvalue weighted by Crippen LogP contribution is 2.47. The fourth-order valence-corrected chi connectivity index (χ4v) is 4.25. The largest absolute Gasteiger partial charge is 0.207 e. The van der Waals surface area contributed by atoms with Gasteiger partial charge in [0, 0.05) is 38.9 Å². The molecule has 0 aliphatic rings. The molecule has 0 unspecified atom stereocenters. The zero-order valence-corrected chi connectivity index (χ0v) is 16.8. The van der Waals surface area contributed by atoms with E-state index in [0.717, 1.165) is 30.3 Å². The van der Waals surface area contributed by atoms with Gasteiger partial charge in [0.25, 0.3) is 0 Å². The molecule has 0 saturated carbocycles. The van der Waals surface area contributed by atoms with E-state index in [-0.39, 0.29) is 16.5 Å². The summed E-state index contributed by atoms with van der Waals surface area (Å²) in [5.74, 6) is -10.3. The lowest BCUT2D eigenvalue weighted by Crippen LogP contribution is -2.00. The summed E-state index contributed by atoms with van der Waals surface area (Å²) >= 11 is 0. The van der Waals surface area contributed by atoms with Gasteiger partial charge in [0.05, 0.1) is 0 Å². The fourth-order valence-electron chi connectivity index (χ4n) is 4.25. The molecule has 0 heterocycles. The molecule has 0 bridgehead atoms. The van der Waals surface area contributed by atoms with Gasteiger partial charge in [-0.1, -0.05) is 12.1 Å². The molecule has 34 heavy (non-hydrogen) atoms. The van der Waals surface area contributed by atoms with Crippen molar-refractivity contribution in [1.29, 1.82) is 0 Å². The van der Waals surface area contributed by atoms with Crippen molar-refractivity contribution in [2.75, 3.05) is 0 Å². The van der Waals surface area contributed by atoms with Gasteiger partial charge in [-0.2, -0.15) is 0 Å². The molecule has 5 aromatic rings. The van der Waals surface area contributed by atoms with E-state index in [2.05, 4.69) is 0 Å². The summed E-state index contributed by atoms with van der Waals surface area (Å²) < 4.78 is 116. The average Bonchev–Trinajstić information content (AvgIpc) is 2.79. The Morgan fingerprint density at radius 1 is 0.441 bits per heavy atom. The molecule has 0 N–H and O–H groups in total. The maximum absolute atomic E-state index is 15.2. The van der Waals surface area contributed by atoms with Crippen LogP contribution in [0.3, 0.4) is 0 Å². The smallest absolute Gasteiger partial charge is 0.194 e. The average molecular weight is 474 g/mol. The third-order valence-electron chi connectivity index (χ3n) is 5.61. The molecule has 0 aliphatic heterocycles. The van der Waals surface area contributed by atoms with Gasteiger partial charge < -0.3 is 0 Å². The molecule has 0 radical (unpaired) electrons. The van der Waals surface area contributed by atoms with Gasteiger partial charge >= 0.3 is 0 Å². The monoisotopic (exact) mass is 474 g/mol. The number of rotatable bonds is 2. The quantitative estimate of drug-likeness (QED) is 0.137. The molecular formula is C26H10F8. The van der Waals surface area contributed by atoms with E-state index in [1.165, 1.54) is 12.1 Å². The summed E-state index contributed by atoms with van der Waals surface area (Å²) in [6.45, 7) is 0. The van der Waals surface area contributed by atoms with Crippen LogP contribution in [0.1, 0.15) is 0 Å². The van der Waals surface area contributed by atoms with Crippen LogP contribution in [0.15, 0.2) is 60.7 Å². The molecule has 0 fully saturated rings. The molecule has 8 heteroatoms. The number of hydrogen-bond donors (Lipinski definition) is 0. The van der Waals surface area contributed by atoms with E-state index < -0.39 is 73.8 Å². The second kappa shape index (κ2) is 7.83. The maximum Gasteiger partial charge on any atom is 0.194 e. The Morgan fingerprint density at radius 2 is 1.03 bits per heavy atom. The SMILES string of the molecule is Fc1ccc(-c2c3cccc(F)c3c(-c3cc(F)c(F)c(F)c3)c3c(F)ccc(F)c23)c(F)c1. The Balaban J connectivity index is 2.10. The van der Waals surface area contributed by atoms with Gasteiger partial charge in [-0.3, -0.25) is 0 Å². The van der Waals surface area contributed by atoms with E-state index in [1.807, 2.05) is 0 Å². The first kappa shape index (κ1) is 21.9. The molecule has 0 atom stereocenters. The van der Waals surface area contributed by atoms with Crippen molar-refractivity contribution >= 4 is 21.5 Å². The first-order valence-corrected chi connectivity index (χ1v) is 9.81. The van der Waals surface area contributed by atoms with E-state index >= 15 is 13.2 Å². The van der Waals surface area contributed by atoms with Crippen molar-refractivity contribution in [3.8, 4) is 22.3 Å². The predicted octanol–water partition coefficient (Wildman–Crippen LogP) is 8.44. The highest BCUT2D eigenvalue weighted by atomic mass is 19.2. The second-order valence-corrected chi connectivity index (χ2v) is 7.57. The van der Waals surface area contributed by atoms with E-state index in [0.29, 0.717) is 18.2 Å². The Labute approximate surface area is 186 Å². The van der Waals surface area contributed by atoms with Crippen LogP contribution < -0.4 is 0 Å². The minimum Gasteiger partial charge on any atom is -0.207 e. The first-order valence-electron chi connectivity index (χ1n) is 9.81. The molecule has 5 aromatic carbocycles. The molecule has 0 aliphatic carbocycles. The summed E-state index contributed by atoms with van der Waals surface area (Å²) in [4.78, 5) is 0. The van der Waals surface area contributed by atoms with Crippen LogP contribution >= 0.6 is 0 Å². The number of benzene rings is 5. The summed E-state index contributed by atoms with van der Waals surface area (Å²) in [6.07, 6.45) is 0. The molecule has 5 rings (SSSR count). The molecule has 0 saturated heterocycles. The number of halogens is 8. The molecule has 0 aromatic heterocycles. The topological polar surface area (TPSA) is 0 Å². The molecule has 0 nitrogen and oxygen atoms in total. The van der Waals surface area contributed by atoms with Crippen molar-refractivity contribution in [2.24, 2.45) is 0 Å². The van der Waals surface area contributed by atoms with E-state index in [1.54, 1.807) is 0 Å². The fraction of sp³-hybridized carbons (Fsp3) is 0. The molecule has 0 amide bonds. The van der Waals surface area contributed by atoms with Crippen LogP contribution in [0, 0.1) is 46.5 Å². The Morgan fingerprint density at radius 3 is 1.65 bits per heavy atom. The molecular weight excluding hydrogens is 464 g/mol. The van der Waals surface area contributed by atoms with Crippen molar-refractivity contribution in [1.82, 2.24) is 0 Å². The van der Waals surface area contributed by atoms with Crippen molar-refractivity contribution in [3.63, 3.8) is 0 Å². The van der Waals surface area contributed by atoms with Crippen LogP contribution in [-0.4, -0.2) is 0 Å². The van der Waals surface area contributed by atoms with Crippen molar-refractivity contribution < 1.29 is 35.1 Å². The van der Waals surface area contributed by atoms with Gasteiger partial charge in [-0.15, -0.1) is 0 Å². The standard InChI is InChI=1S/C26H10F8/c27-12-4-5-13(18(31)10-12)22-14-2-1-3-15(28)23(14)21(11-8-19(32)26(34)20(33)9-11)24-16(29)6-7-17(30)25(22)24/h1-10H. The van der Waals surface area contributed by atoms with Crippen LogP contribution in [0.2, 0.25) is 0 Å². The van der Waals surface area contributed by atoms with E-state index in [4.69, 9.17) is 0 Å². The number of fused-ring (bicyclic) bond motifs is 2. The Kier molecular flexibility index (Phi) is 5.04. The maximum atomic E-state index is 15.2. The third-order valence-corrected chi connectivity index (χ3v) is 5.61. The highest BCUT2D eigenvalue weighted by Gasteiger charge is 2.26. The van der Waals surface area contributed by atoms with Gasteiger partial charge in [0.2, 0.25) is 0 Å². The van der Waals surface area contributed by atoms with Gasteiger partial charge in [-0.25, -0.2) is 35.1 Å². The highest BCUT2D eigenvalue weighted by molar-refractivity contribution is 6.21. The first-order chi connectivity index (χ1) is 16.2. The van der Waals surface area contributed by atoms with Crippen LogP contribution in [0.4, 0.5) is 35.1 Å².